The molecule has 19 heavy (non-hydrogen) atoms. The van der Waals surface area contributed by atoms with Gasteiger partial charge in [-0.2, -0.15) is 5.10 Å². The molecule has 2 aromatic rings. The van der Waals surface area contributed by atoms with E-state index < -0.39 is 10.0 Å². The van der Waals surface area contributed by atoms with E-state index in [1.54, 1.807) is 30.2 Å². The third kappa shape index (κ3) is 3.08. The minimum atomic E-state index is -3.73. The van der Waals surface area contributed by atoms with Gasteiger partial charge in [0.25, 0.3) is 10.0 Å². The molecule has 0 unspecified atom stereocenters. The molecular weight excluding hydrogens is 268 g/mol. The van der Waals surface area contributed by atoms with Crippen molar-refractivity contribution in [1.82, 2.24) is 19.5 Å². The van der Waals surface area contributed by atoms with Crippen molar-refractivity contribution in [2.45, 2.75) is 11.6 Å². The number of pyridine rings is 1. The molecule has 0 aliphatic heterocycles. The molecule has 0 saturated heterocycles. The topological polar surface area (TPSA) is 115 Å². The predicted molar refractivity (Wildman–Crippen MR) is 69.3 cm³/mol. The summed E-state index contributed by atoms with van der Waals surface area (Å²) in [5, 5.41) is 3.82. The number of aromatic nitrogens is 3. The number of hydrazine groups is 1. The summed E-state index contributed by atoms with van der Waals surface area (Å²) in [5.74, 6) is 5.26. The molecule has 0 atom stereocenters. The number of nitrogen functional groups attached to an aromatic ring is 1. The first-order valence-electron chi connectivity index (χ1n) is 5.42. The molecule has 102 valence electrons. The van der Waals surface area contributed by atoms with Crippen molar-refractivity contribution in [3.8, 4) is 0 Å². The Morgan fingerprint density at radius 3 is 2.89 bits per heavy atom. The van der Waals surface area contributed by atoms with Crippen molar-refractivity contribution in [3.05, 3.63) is 36.3 Å². The van der Waals surface area contributed by atoms with Gasteiger partial charge < -0.3 is 5.43 Å². The molecule has 9 heteroatoms. The maximum atomic E-state index is 12.1. The van der Waals surface area contributed by atoms with Crippen molar-refractivity contribution in [2.75, 3.05) is 5.43 Å². The van der Waals surface area contributed by atoms with Gasteiger partial charge in [0.2, 0.25) is 0 Å². The second-order valence-corrected chi connectivity index (χ2v) is 5.53. The number of anilines is 1. The average molecular weight is 282 g/mol. The Kier molecular flexibility index (Phi) is 3.79. The molecule has 0 spiro atoms. The smallest absolute Gasteiger partial charge is 0.260 e. The molecule has 2 aromatic heterocycles. The van der Waals surface area contributed by atoms with Crippen LogP contribution in [0.3, 0.4) is 0 Å². The maximum absolute atomic E-state index is 12.1. The summed E-state index contributed by atoms with van der Waals surface area (Å²) in [7, 11) is -1.98. The van der Waals surface area contributed by atoms with Crippen molar-refractivity contribution in [1.29, 1.82) is 0 Å². The van der Waals surface area contributed by atoms with E-state index >= 15 is 0 Å². The molecule has 2 rings (SSSR count). The molecule has 0 saturated carbocycles. The van der Waals surface area contributed by atoms with E-state index in [0.29, 0.717) is 0 Å². The molecule has 0 aliphatic carbocycles. The first-order chi connectivity index (χ1) is 9.03. The van der Waals surface area contributed by atoms with Gasteiger partial charge in [0, 0.05) is 31.5 Å². The van der Waals surface area contributed by atoms with Gasteiger partial charge in [-0.1, -0.05) is 0 Å². The van der Waals surface area contributed by atoms with E-state index in [-0.39, 0.29) is 17.3 Å². The molecule has 0 amide bonds. The standard InChI is InChI=1S/C10H14N6O2S/c1-16-7-8(5-13-16)6-14-19(17,18)10-9(15-11)3-2-4-12-10/h2-5,7,14-15H,6,11H2,1H3. The summed E-state index contributed by atoms with van der Waals surface area (Å²) in [6.45, 7) is 0.136. The van der Waals surface area contributed by atoms with Gasteiger partial charge in [0.1, 0.15) is 0 Å². The fourth-order valence-electron chi connectivity index (χ4n) is 1.52. The summed E-state index contributed by atoms with van der Waals surface area (Å²) in [6.07, 6.45) is 4.70. The normalized spacial score (nSPS) is 11.5. The average Bonchev–Trinajstić information content (AvgIpc) is 2.82. The molecule has 0 bridgehead atoms. The van der Waals surface area contributed by atoms with E-state index in [0.717, 1.165) is 5.56 Å². The molecule has 0 aliphatic rings. The zero-order chi connectivity index (χ0) is 13.9. The number of rotatable bonds is 5. The maximum Gasteiger partial charge on any atom is 0.260 e. The van der Waals surface area contributed by atoms with Crippen LogP contribution in [0, 0.1) is 0 Å². The highest BCUT2D eigenvalue weighted by atomic mass is 32.2. The fourth-order valence-corrected chi connectivity index (χ4v) is 2.63. The van der Waals surface area contributed by atoms with Crippen molar-refractivity contribution < 1.29 is 8.42 Å². The number of aryl methyl sites for hydroxylation is 1. The number of sulfonamides is 1. The Morgan fingerprint density at radius 1 is 1.47 bits per heavy atom. The van der Waals surface area contributed by atoms with E-state index in [4.69, 9.17) is 5.84 Å². The SMILES string of the molecule is Cn1cc(CNS(=O)(=O)c2ncccc2NN)cn1. The van der Waals surface area contributed by atoms with E-state index in [1.807, 2.05) is 0 Å². The van der Waals surface area contributed by atoms with Crippen LogP contribution in [0.5, 0.6) is 0 Å². The van der Waals surface area contributed by atoms with Crippen LogP contribution >= 0.6 is 0 Å². The lowest BCUT2D eigenvalue weighted by atomic mass is 10.4. The molecule has 4 N–H and O–H groups in total. The number of hydrogen-bond donors (Lipinski definition) is 3. The summed E-state index contributed by atoms with van der Waals surface area (Å²) < 4.78 is 28.2. The van der Waals surface area contributed by atoms with Crippen LogP contribution in [-0.2, 0) is 23.6 Å². The highest BCUT2D eigenvalue weighted by Gasteiger charge is 2.19. The van der Waals surface area contributed by atoms with Crippen molar-refractivity contribution in [3.63, 3.8) is 0 Å². The van der Waals surface area contributed by atoms with Gasteiger partial charge in [-0.15, -0.1) is 0 Å². The predicted octanol–water partition coefficient (Wildman–Crippen LogP) is -0.421. The summed E-state index contributed by atoms with van der Waals surface area (Å²) >= 11 is 0. The fraction of sp³-hybridized carbons (Fsp3) is 0.200. The number of hydrogen-bond acceptors (Lipinski definition) is 6. The zero-order valence-corrected chi connectivity index (χ0v) is 11.1. The number of nitrogens with zero attached hydrogens (tertiary/aromatic N) is 3. The van der Waals surface area contributed by atoms with Crippen molar-refractivity contribution in [2.24, 2.45) is 12.9 Å². The minimum absolute atomic E-state index is 0.136. The van der Waals surface area contributed by atoms with Gasteiger partial charge in [-0.05, 0) is 12.1 Å². The first kappa shape index (κ1) is 13.5. The lowest BCUT2D eigenvalue weighted by Gasteiger charge is -2.08. The summed E-state index contributed by atoms with van der Waals surface area (Å²) in [5.41, 5.74) is 3.30. The largest absolute Gasteiger partial charge is 0.321 e. The highest BCUT2D eigenvalue weighted by molar-refractivity contribution is 7.89. The molecule has 2 heterocycles. The number of nitrogens with two attached hydrogens (primary N) is 1. The lowest BCUT2D eigenvalue weighted by Crippen LogP contribution is -2.25. The Bertz CT molecular complexity index is 666. The van der Waals surface area contributed by atoms with Crippen LogP contribution in [0.4, 0.5) is 5.69 Å². The monoisotopic (exact) mass is 282 g/mol. The second-order valence-electron chi connectivity index (χ2n) is 3.85. The number of nitrogens with one attached hydrogen (secondary N) is 2. The minimum Gasteiger partial charge on any atom is -0.321 e. The Morgan fingerprint density at radius 2 is 2.26 bits per heavy atom. The van der Waals surface area contributed by atoms with Crippen LogP contribution in [0.25, 0.3) is 0 Å². The Labute approximate surface area is 110 Å². The molecule has 0 aromatic carbocycles. The van der Waals surface area contributed by atoms with Crippen LogP contribution in [0.15, 0.2) is 35.7 Å². The van der Waals surface area contributed by atoms with Gasteiger partial charge in [-0.25, -0.2) is 18.1 Å². The Hall–Kier alpha value is -1.97. The summed E-state index contributed by atoms with van der Waals surface area (Å²) in [4.78, 5) is 3.82. The lowest BCUT2D eigenvalue weighted by molar-refractivity contribution is 0.577. The van der Waals surface area contributed by atoms with Gasteiger partial charge in [0.05, 0.1) is 11.9 Å². The van der Waals surface area contributed by atoms with Crippen LogP contribution in [0.2, 0.25) is 0 Å². The molecular formula is C10H14N6O2S. The Balaban J connectivity index is 2.18. The highest BCUT2D eigenvalue weighted by Crippen LogP contribution is 2.16. The third-order valence-corrected chi connectivity index (χ3v) is 3.76. The van der Waals surface area contributed by atoms with Gasteiger partial charge >= 0.3 is 0 Å². The van der Waals surface area contributed by atoms with Gasteiger partial charge in [0.15, 0.2) is 5.03 Å². The summed E-state index contributed by atoms with van der Waals surface area (Å²) in [6, 6.07) is 3.13. The quantitative estimate of drug-likeness (QED) is 0.507. The van der Waals surface area contributed by atoms with E-state index in [2.05, 4.69) is 20.2 Å². The van der Waals surface area contributed by atoms with Crippen molar-refractivity contribution >= 4 is 15.7 Å². The van der Waals surface area contributed by atoms with Crippen LogP contribution < -0.4 is 16.0 Å². The zero-order valence-electron chi connectivity index (χ0n) is 10.2. The van der Waals surface area contributed by atoms with E-state index in [9.17, 15) is 8.42 Å². The van der Waals surface area contributed by atoms with E-state index in [1.165, 1.54) is 12.3 Å². The molecule has 0 radical (unpaired) electrons. The van der Waals surface area contributed by atoms with Crippen LogP contribution in [0.1, 0.15) is 5.56 Å². The second kappa shape index (κ2) is 5.34. The van der Waals surface area contributed by atoms with Gasteiger partial charge in [-0.3, -0.25) is 10.5 Å². The molecule has 8 nitrogen and oxygen atoms in total. The first-order valence-corrected chi connectivity index (χ1v) is 6.90. The van der Waals surface area contributed by atoms with Crippen LogP contribution in [-0.4, -0.2) is 23.2 Å². The molecule has 0 fully saturated rings. The third-order valence-electron chi connectivity index (χ3n) is 2.41.